The third-order valence-corrected chi connectivity index (χ3v) is 5.93. The van der Waals surface area contributed by atoms with Crippen LogP contribution in [-0.4, -0.2) is 28.3 Å². The van der Waals surface area contributed by atoms with Crippen LogP contribution in [-0.2, 0) is 0 Å². The number of hydrogen-bond acceptors (Lipinski definition) is 6. The molecule has 4 rings (SSSR count). The molecule has 0 aliphatic heterocycles. The molecule has 0 radical (unpaired) electrons. The van der Waals surface area contributed by atoms with E-state index in [1.807, 2.05) is 36.4 Å². The summed E-state index contributed by atoms with van der Waals surface area (Å²) in [4.78, 5) is 17.9. The summed E-state index contributed by atoms with van der Waals surface area (Å²) in [6, 6.07) is 12.8. The van der Waals surface area contributed by atoms with E-state index in [-0.39, 0.29) is 5.56 Å². The molecular weight excluding hydrogens is 434 g/mol. The van der Waals surface area contributed by atoms with Crippen LogP contribution in [0.25, 0.3) is 22.4 Å². The lowest BCUT2D eigenvalue weighted by Crippen LogP contribution is -2.23. The fraction of sp³-hybridized carbons (Fsp3) is 0.261. The summed E-state index contributed by atoms with van der Waals surface area (Å²) in [6.45, 7) is 4.94. The van der Waals surface area contributed by atoms with Crippen LogP contribution in [0.15, 0.2) is 47.3 Å². The second-order valence-electron chi connectivity index (χ2n) is 7.49. The normalized spacial score (nSPS) is 12.1. The molecule has 8 heteroatoms. The van der Waals surface area contributed by atoms with Crippen molar-refractivity contribution in [3.05, 3.63) is 67.9 Å². The van der Waals surface area contributed by atoms with E-state index >= 15 is 0 Å². The van der Waals surface area contributed by atoms with Crippen molar-refractivity contribution in [2.24, 2.45) is 5.92 Å². The maximum Gasteiger partial charge on any atom is 0.291 e. The van der Waals surface area contributed by atoms with Crippen molar-refractivity contribution in [2.75, 3.05) is 13.7 Å². The molecule has 0 aliphatic carbocycles. The predicted molar refractivity (Wildman–Crippen MR) is 124 cm³/mol. The van der Waals surface area contributed by atoms with Gasteiger partial charge in [0.1, 0.15) is 0 Å². The number of halogens is 1. The molecule has 4 aromatic rings. The van der Waals surface area contributed by atoms with Crippen molar-refractivity contribution in [1.29, 1.82) is 0 Å². The number of hydrogen-bond donors (Lipinski definition) is 0. The standard InChI is InChI=1S/C23H22ClN3O3S/c1-14(2)10-11-30-18-9-4-15(12-19(18)29-3)13-20-22(28)27-23(31-20)25-21(26-27)16-5-7-17(24)8-6-16/h4-9,12-14H,10-11H2,1-3H3/b20-13+. The van der Waals surface area contributed by atoms with Crippen molar-refractivity contribution in [3.8, 4) is 22.9 Å². The number of methoxy groups -OCH3 is 1. The molecule has 0 unspecified atom stereocenters. The molecule has 0 fully saturated rings. The number of thiazole rings is 1. The van der Waals surface area contributed by atoms with Crippen LogP contribution in [0, 0.1) is 5.92 Å². The van der Waals surface area contributed by atoms with E-state index in [4.69, 9.17) is 21.1 Å². The highest BCUT2D eigenvalue weighted by atomic mass is 35.5. The molecular formula is C23H22ClN3O3S. The Labute approximate surface area is 188 Å². The Bertz CT molecular complexity index is 1310. The molecule has 0 bridgehead atoms. The Morgan fingerprint density at radius 1 is 1.16 bits per heavy atom. The fourth-order valence-electron chi connectivity index (χ4n) is 3.00. The average Bonchev–Trinajstić information content (AvgIpc) is 3.28. The van der Waals surface area contributed by atoms with Crippen LogP contribution in [0.2, 0.25) is 5.02 Å². The first-order valence-electron chi connectivity index (χ1n) is 9.92. The van der Waals surface area contributed by atoms with Crippen LogP contribution >= 0.6 is 22.9 Å². The Kier molecular flexibility index (Phi) is 6.25. The maximum absolute atomic E-state index is 12.8. The maximum atomic E-state index is 12.8. The van der Waals surface area contributed by atoms with E-state index < -0.39 is 0 Å². The minimum atomic E-state index is -0.205. The zero-order valence-electron chi connectivity index (χ0n) is 17.5. The van der Waals surface area contributed by atoms with Crippen molar-refractivity contribution < 1.29 is 9.47 Å². The van der Waals surface area contributed by atoms with E-state index in [2.05, 4.69) is 23.9 Å². The third kappa shape index (κ3) is 4.73. The highest BCUT2D eigenvalue weighted by molar-refractivity contribution is 7.15. The van der Waals surface area contributed by atoms with Gasteiger partial charge in [0, 0.05) is 10.6 Å². The lowest BCUT2D eigenvalue weighted by Gasteiger charge is -2.12. The quantitative estimate of drug-likeness (QED) is 0.412. The van der Waals surface area contributed by atoms with Crippen molar-refractivity contribution in [2.45, 2.75) is 20.3 Å². The van der Waals surface area contributed by atoms with Crippen molar-refractivity contribution >= 4 is 34.0 Å². The average molecular weight is 456 g/mol. The summed E-state index contributed by atoms with van der Waals surface area (Å²) in [5.74, 6) is 2.39. The van der Waals surface area contributed by atoms with Gasteiger partial charge in [-0.3, -0.25) is 4.79 Å². The zero-order chi connectivity index (χ0) is 22.0. The van der Waals surface area contributed by atoms with E-state index in [0.717, 1.165) is 17.5 Å². The van der Waals surface area contributed by atoms with E-state index in [9.17, 15) is 4.79 Å². The molecule has 0 saturated carbocycles. The molecule has 6 nitrogen and oxygen atoms in total. The first-order valence-corrected chi connectivity index (χ1v) is 11.1. The number of rotatable bonds is 7. The Balaban J connectivity index is 1.63. The largest absolute Gasteiger partial charge is 0.493 e. The number of benzene rings is 2. The highest BCUT2D eigenvalue weighted by Crippen LogP contribution is 2.28. The van der Waals surface area contributed by atoms with Crippen molar-refractivity contribution in [1.82, 2.24) is 14.6 Å². The molecule has 2 heterocycles. The molecule has 0 atom stereocenters. The third-order valence-electron chi connectivity index (χ3n) is 4.72. The van der Waals surface area contributed by atoms with Gasteiger partial charge in [0.2, 0.25) is 4.96 Å². The highest BCUT2D eigenvalue weighted by Gasteiger charge is 2.12. The predicted octanol–water partition coefficient (Wildman–Crippen LogP) is 4.45. The van der Waals surface area contributed by atoms with Gasteiger partial charge in [-0.2, -0.15) is 9.50 Å². The summed E-state index contributed by atoms with van der Waals surface area (Å²) >= 11 is 7.23. The van der Waals surface area contributed by atoms with Crippen LogP contribution < -0.4 is 19.6 Å². The second kappa shape index (κ2) is 9.08. The van der Waals surface area contributed by atoms with E-state index in [1.165, 1.54) is 15.9 Å². The summed E-state index contributed by atoms with van der Waals surface area (Å²) < 4.78 is 13.2. The topological polar surface area (TPSA) is 65.7 Å². The fourth-order valence-corrected chi connectivity index (χ4v) is 4.04. The van der Waals surface area contributed by atoms with Crippen LogP contribution in [0.3, 0.4) is 0 Å². The Morgan fingerprint density at radius 3 is 2.61 bits per heavy atom. The summed E-state index contributed by atoms with van der Waals surface area (Å²) in [7, 11) is 1.61. The van der Waals surface area contributed by atoms with Crippen molar-refractivity contribution in [3.63, 3.8) is 0 Å². The SMILES string of the molecule is COc1cc(/C=c2/sc3nc(-c4ccc(Cl)cc4)nn3c2=O)ccc1OCCC(C)C. The van der Waals surface area contributed by atoms with E-state index in [1.54, 1.807) is 19.2 Å². The first-order chi connectivity index (χ1) is 14.9. The molecule has 160 valence electrons. The minimum absolute atomic E-state index is 0.205. The number of nitrogens with zero attached hydrogens (tertiary/aromatic N) is 3. The Hall–Kier alpha value is -2.90. The number of aromatic nitrogens is 3. The summed E-state index contributed by atoms with van der Waals surface area (Å²) in [5, 5.41) is 5.00. The zero-order valence-corrected chi connectivity index (χ0v) is 19.0. The minimum Gasteiger partial charge on any atom is -0.493 e. The summed E-state index contributed by atoms with van der Waals surface area (Å²) in [6.07, 6.45) is 2.78. The van der Waals surface area contributed by atoms with Crippen LogP contribution in [0.4, 0.5) is 0 Å². The molecule has 0 N–H and O–H groups in total. The van der Waals surface area contributed by atoms with Gasteiger partial charge in [-0.25, -0.2) is 0 Å². The molecule has 31 heavy (non-hydrogen) atoms. The van der Waals surface area contributed by atoms with Gasteiger partial charge in [-0.1, -0.05) is 42.9 Å². The molecule has 0 saturated heterocycles. The number of fused-ring (bicyclic) bond motifs is 1. The number of ether oxygens (including phenoxy) is 2. The van der Waals surface area contributed by atoms with Gasteiger partial charge < -0.3 is 9.47 Å². The van der Waals surface area contributed by atoms with Gasteiger partial charge in [0.15, 0.2) is 17.3 Å². The van der Waals surface area contributed by atoms with E-state index in [0.29, 0.717) is 44.4 Å². The molecule has 2 aromatic heterocycles. The monoisotopic (exact) mass is 455 g/mol. The molecule has 0 aliphatic rings. The van der Waals surface area contributed by atoms with Gasteiger partial charge in [0.25, 0.3) is 5.56 Å². The molecule has 2 aromatic carbocycles. The van der Waals surface area contributed by atoms with Crippen LogP contribution in [0.1, 0.15) is 25.8 Å². The van der Waals surface area contributed by atoms with Gasteiger partial charge >= 0.3 is 0 Å². The molecule has 0 amide bonds. The smallest absolute Gasteiger partial charge is 0.291 e. The lowest BCUT2D eigenvalue weighted by atomic mass is 10.1. The van der Waals surface area contributed by atoms with Gasteiger partial charge in [-0.05, 0) is 60.4 Å². The van der Waals surface area contributed by atoms with Gasteiger partial charge in [0.05, 0.1) is 18.2 Å². The lowest BCUT2D eigenvalue weighted by molar-refractivity contribution is 0.273. The Morgan fingerprint density at radius 2 is 1.94 bits per heavy atom. The van der Waals surface area contributed by atoms with Crippen LogP contribution in [0.5, 0.6) is 11.5 Å². The second-order valence-corrected chi connectivity index (χ2v) is 8.94. The summed E-state index contributed by atoms with van der Waals surface area (Å²) in [5.41, 5.74) is 1.44. The molecule has 0 spiro atoms. The first kappa shape index (κ1) is 21.3. The van der Waals surface area contributed by atoms with Gasteiger partial charge in [-0.15, -0.1) is 5.10 Å².